The SMILES string of the molecule is CC(=O)N=[N+]=[N-].[C-]#[N+]CCOP(=NC(C)=O)(OC[C@H]1O[C@@H](n2cnc3c(NC(=O)c4ccccc4)ncnc32)C[C@H]1OC(C)C)O[C@@H]1C[C@H](n2cnc3c(NC(=O)c4ccccc4)ncnc32)O[C@@H]1COC(C)C.[C-]#[N+]CCOP(OC[C@H]1O[C@@H](n2cnc3c(NC(=O)c4ccccc4)ncnc32)C[C@H]1OC(C)C)O[C@@H]1C[C@H](n2cnc3c(NC(=O)c4ccccc4)ncnc32)O[C@@H]1COC(C)C. The lowest BCUT2D eigenvalue weighted by atomic mass is 10.2. The average molecular weight is 1930 g/mol. The zero-order valence-corrected chi connectivity index (χ0v) is 78.6. The van der Waals surface area contributed by atoms with E-state index in [-0.39, 0.29) is 130 Å². The number of nitrogens with one attached hydrogen (secondary N) is 4. The summed E-state index contributed by atoms with van der Waals surface area (Å²) in [6.07, 6.45) is 4.89. The van der Waals surface area contributed by atoms with Crippen molar-refractivity contribution in [3.05, 3.63) is 227 Å². The van der Waals surface area contributed by atoms with Gasteiger partial charge >= 0.3 is 16.3 Å². The van der Waals surface area contributed by atoms with Crippen molar-refractivity contribution in [2.24, 2.45) is 9.86 Å². The highest BCUT2D eigenvalue weighted by Gasteiger charge is 2.48. The van der Waals surface area contributed by atoms with E-state index in [1.807, 2.05) is 79.7 Å². The van der Waals surface area contributed by atoms with Crippen molar-refractivity contribution in [3.8, 4) is 0 Å². The summed E-state index contributed by atoms with van der Waals surface area (Å²) in [6, 6.07) is 35.1. The number of hydrogen-bond acceptors (Lipinski definition) is 32. The van der Waals surface area contributed by atoms with E-state index < -0.39 is 102 Å². The zero-order valence-electron chi connectivity index (χ0n) is 76.8. The number of nitrogens with zero attached hydrogens (tertiary/aromatic N) is 22. The molecule has 12 aromatic rings. The van der Waals surface area contributed by atoms with Gasteiger partial charge in [0.2, 0.25) is 24.9 Å². The van der Waals surface area contributed by atoms with Crippen LogP contribution in [0.1, 0.15) is 161 Å². The van der Waals surface area contributed by atoms with E-state index in [2.05, 4.69) is 106 Å². The predicted octanol–water partition coefficient (Wildman–Crippen LogP) is 14.2. The first-order valence-electron chi connectivity index (χ1n) is 44.2. The number of carbonyl (C=O) groups excluding carboxylic acids is 6. The van der Waals surface area contributed by atoms with E-state index in [4.69, 9.17) is 83.7 Å². The molecule has 0 bridgehead atoms. The molecule has 0 saturated carbocycles. The van der Waals surface area contributed by atoms with E-state index in [1.165, 1.54) is 45.5 Å². The molecule has 4 N–H and O–H groups in total. The number of anilines is 4. The van der Waals surface area contributed by atoms with Gasteiger partial charge in [0.1, 0.15) is 94.0 Å². The fourth-order valence-electron chi connectivity index (χ4n) is 15.0. The molecule has 2 unspecified atom stereocenters. The summed E-state index contributed by atoms with van der Waals surface area (Å²) in [6.45, 7) is 32.7. The first kappa shape index (κ1) is 101. The van der Waals surface area contributed by atoms with Gasteiger partial charge in [-0.2, -0.15) is 4.74 Å². The van der Waals surface area contributed by atoms with E-state index in [0.29, 0.717) is 86.2 Å². The number of fused-ring (bicyclic) bond motifs is 4. The highest BCUT2D eigenvalue weighted by atomic mass is 31.2. The van der Waals surface area contributed by atoms with E-state index in [9.17, 15) is 28.8 Å². The number of amides is 6. The third kappa shape index (κ3) is 26.1. The van der Waals surface area contributed by atoms with Crippen molar-refractivity contribution in [2.45, 2.75) is 193 Å². The molecule has 48 heteroatoms. The molecule has 0 spiro atoms. The molecule has 4 aliphatic heterocycles. The summed E-state index contributed by atoms with van der Waals surface area (Å²) < 4.78 is 101. The summed E-state index contributed by atoms with van der Waals surface area (Å²) >= 11 is 0. The van der Waals surface area contributed by atoms with E-state index >= 15 is 0 Å². The fraction of sp³-hybridized carbons (Fsp3) is 0.422. The van der Waals surface area contributed by atoms with Gasteiger partial charge < -0.3 is 82.4 Å². The number of carbonyl (C=O) groups is 6. The highest BCUT2D eigenvalue weighted by Crippen LogP contribution is 2.58. The molecule has 6 amide bonds. The Morgan fingerprint density at radius 3 is 1.09 bits per heavy atom. The second-order valence-corrected chi connectivity index (χ2v) is 35.5. The number of imidazole rings is 4. The zero-order chi connectivity index (χ0) is 97.4. The Bertz CT molecular complexity index is 6390. The van der Waals surface area contributed by atoms with Gasteiger partial charge in [0.05, 0.1) is 94.5 Å². The van der Waals surface area contributed by atoms with Gasteiger partial charge in [0, 0.05) is 66.7 Å². The molecule has 8 aromatic heterocycles. The first-order valence-corrected chi connectivity index (χ1v) is 46.8. The second kappa shape index (κ2) is 48.1. The van der Waals surface area contributed by atoms with Crippen molar-refractivity contribution in [1.82, 2.24) is 78.1 Å². The van der Waals surface area contributed by atoms with Crippen LogP contribution in [0.5, 0.6) is 0 Å². The molecule has 16 rings (SSSR count). The highest BCUT2D eigenvalue weighted by molar-refractivity contribution is 7.51. The quantitative estimate of drug-likeness (QED) is 0.00697. The molecule has 0 aliphatic carbocycles. The third-order valence-corrected chi connectivity index (χ3v) is 24.3. The number of aromatic nitrogens is 16. The number of hydrogen-bond donors (Lipinski definition) is 4. The molecule has 4 aliphatic rings. The second-order valence-electron chi connectivity index (χ2n) is 32.5. The molecule has 722 valence electrons. The van der Waals surface area contributed by atoms with Crippen LogP contribution in [0.25, 0.3) is 64.8 Å². The van der Waals surface area contributed by atoms with Gasteiger partial charge in [-0.05, 0) is 115 Å². The van der Waals surface area contributed by atoms with Crippen LogP contribution in [0.3, 0.4) is 0 Å². The van der Waals surface area contributed by atoms with Crippen LogP contribution in [0.15, 0.2) is 182 Å². The Morgan fingerprint density at radius 1 is 0.428 bits per heavy atom. The molecule has 14 atom stereocenters. The summed E-state index contributed by atoms with van der Waals surface area (Å²) in [5, 5.41) is 14.0. The number of ether oxygens (including phenoxy) is 8. The largest absolute Gasteiger partial charge is 0.376 e. The van der Waals surface area contributed by atoms with Gasteiger partial charge in [0.15, 0.2) is 67.9 Å². The van der Waals surface area contributed by atoms with Gasteiger partial charge in [-0.25, -0.2) is 73.0 Å². The molecule has 0 radical (unpaired) electrons. The Labute approximate surface area is 792 Å². The number of benzene rings is 4. The smallest absolute Gasteiger partial charge is 0.364 e. The van der Waals surface area contributed by atoms with Crippen molar-refractivity contribution in [2.75, 3.05) is 74.0 Å². The predicted molar refractivity (Wildman–Crippen MR) is 498 cm³/mol. The minimum Gasteiger partial charge on any atom is -0.376 e. The Morgan fingerprint density at radius 2 is 0.761 bits per heavy atom. The molecule has 138 heavy (non-hydrogen) atoms. The topological polar surface area (TPSA) is 524 Å². The lowest BCUT2D eigenvalue weighted by Crippen LogP contribution is -2.33. The van der Waals surface area contributed by atoms with Crippen molar-refractivity contribution in [1.29, 1.82) is 0 Å². The summed E-state index contributed by atoms with van der Waals surface area (Å²) in [7, 11) is -6.07. The molecule has 4 saturated heterocycles. The van der Waals surface area contributed by atoms with Crippen LogP contribution in [0.2, 0.25) is 0 Å². The van der Waals surface area contributed by atoms with Gasteiger partial charge in [0.25, 0.3) is 23.6 Å². The Balaban J connectivity index is 0.000000208. The Kier molecular flexibility index (Phi) is 35.1. The van der Waals surface area contributed by atoms with Crippen molar-refractivity contribution in [3.63, 3.8) is 0 Å². The maximum Gasteiger partial charge on any atom is 0.364 e. The first-order chi connectivity index (χ1) is 66.8. The van der Waals surface area contributed by atoms with Crippen LogP contribution in [0.4, 0.5) is 23.3 Å². The van der Waals surface area contributed by atoms with Crippen molar-refractivity contribution >= 4 is 120 Å². The summed E-state index contributed by atoms with van der Waals surface area (Å²) in [4.78, 5) is 137. The third-order valence-electron chi connectivity index (χ3n) is 21.1. The summed E-state index contributed by atoms with van der Waals surface area (Å²) in [5.41, 5.74) is 12.5. The van der Waals surface area contributed by atoms with Crippen molar-refractivity contribution < 1.29 is 93.8 Å². The molecule has 12 heterocycles. The molecule has 4 fully saturated rings. The van der Waals surface area contributed by atoms with Gasteiger partial charge in [-0.15, -0.1) is 0 Å². The normalized spacial score (nSPS) is 20.7. The van der Waals surface area contributed by atoms with Gasteiger partial charge in [-0.1, -0.05) is 72.8 Å². The summed E-state index contributed by atoms with van der Waals surface area (Å²) in [5.74, 6) is -1.54. The monoisotopic (exact) mass is 1930 g/mol. The Hall–Kier alpha value is -13.3. The van der Waals surface area contributed by atoms with E-state index in [0.717, 1.165) is 0 Å². The minimum atomic E-state index is -4.02. The standard InChI is InChI=1S/C45H51N12O10P.C43H48N11O9P.C2H3N3O/c1-27(2)61-21-34-33(20-37(65-34)57-26-52-39-41(48-24-50-43(39)57)54-45(60)31-15-11-8-12-16-31)67-68(55-29(5)58,62-18-17-46-6)63-22-35-32(64-28(3)4)19-36(66-35)56-25-51-38-40(47-23-49-42(38)56)53-44(59)30-13-9-7-10-14-30;1-26(2)57-20-32-31(19-35(61-32)54-25-50-37-39(46-23-48-41(37)54)52-43(56)29-14-10-7-11-15-29)63-64(58-17-16-44-5)59-21-33-30(60-27(3)4)18-34(62-33)53-24-49-36-38(45-22-47-40(36)53)51-42(55)28-12-8-6-9-13-28;1-2(6)4-5-3/h7-16,23-28,32-37H,17-22H2,1-5H3,(H,47,49,53,59)(H,48,50,54,60);6-15,22-27,30-35H,16-21H2,1-4H3,(H,45,47,51,55)(H,46,48,52,56);1H3/t32-,33-,34-,35-,36-,37-,68?;30-,31-,32-,33-,34-,35-,64?;/m11./s1. The van der Waals surface area contributed by atoms with Crippen LogP contribution < -0.4 is 21.3 Å². The van der Waals surface area contributed by atoms with E-state index in [1.54, 1.807) is 134 Å². The van der Waals surface area contributed by atoms with Gasteiger partial charge in [-0.3, -0.25) is 60.6 Å². The maximum absolute atomic E-state index is 13.1. The average Bonchev–Trinajstić information content (AvgIpc) is 1.64. The van der Waals surface area contributed by atoms with Crippen LogP contribution in [0, 0.1) is 13.1 Å². The molecular weight excluding hydrogens is 1830 g/mol. The minimum absolute atomic E-state index is 0.0301. The maximum atomic E-state index is 13.1. The lowest BCUT2D eigenvalue weighted by Gasteiger charge is -2.29. The lowest BCUT2D eigenvalue weighted by molar-refractivity contribution is -0.116. The van der Waals surface area contributed by atoms with Crippen LogP contribution >= 0.6 is 16.3 Å². The fourth-order valence-corrected chi connectivity index (χ4v) is 18.1. The number of azide groups is 1. The molecule has 46 nitrogen and oxygen atoms in total. The molecule has 4 aromatic carbocycles. The number of rotatable bonds is 38. The van der Waals surface area contributed by atoms with Crippen LogP contribution in [-0.2, 0) is 74.6 Å². The molecular formula is C90H102N26O20P2. The van der Waals surface area contributed by atoms with Crippen LogP contribution in [-0.4, -0.2) is 239 Å².